The predicted molar refractivity (Wildman–Crippen MR) is 107 cm³/mol. The third-order valence-electron chi connectivity index (χ3n) is 5.41. The zero-order valence-electron chi connectivity index (χ0n) is 17.9. The fourth-order valence-corrected chi connectivity index (χ4v) is 3.52. The lowest BCUT2D eigenvalue weighted by Crippen LogP contribution is -2.30. The van der Waals surface area contributed by atoms with Crippen LogP contribution in [0.3, 0.4) is 0 Å². The van der Waals surface area contributed by atoms with Crippen molar-refractivity contribution in [3.05, 3.63) is 0 Å². The van der Waals surface area contributed by atoms with Crippen molar-refractivity contribution in [2.24, 2.45) is 23.7 Å². The first-order chi connectivity index (χ1) is 12.1. The quantitative estimate of drug-likeness (QED) is 0.272. The Balaban J connectivity index is 3.54. The summed E-state index contributed by atoms with van der Waals surface area (Å²) in [5.74, 6) is 2.95. The van der Waals surface area contributed by atoms with Crippen LogP contribution in [0.2, 0.25) is 0 Å². The first kappa shape index (κ1) is 25.8. The topological polar surface area (TPSA) is 12.0 Å². The van der Waals surface area contributed by atoms with Gasteiger partial charge in [0, 0.05) is 0 Å². The van der Waals surface area contributed by atoms with E-state index in [1.54, 1.807) is 0 Å². The second-order valence-electron chi connectivity index (χ2n) is 9.08. The maximum atomic E-state index is 12.1. The van der Waals surface area contributed by atoms with Gasteiger partial charge < -0.3 is 5.32 Å². The largest absolute Gasteiger partial charge is 0.401 e. The van der Waals surface area contributed by atoms with E-state index in [0.717, 1.165) is 30.6 Å². The van der Waals surface area contributed by atoms with Crippen LogP contribution < -0.4 is 5.32 Å². The molecule has 4 heteroatoms. The molecule has 3 atom stereocenters. The van der Waals surface area contributed by atoms with E-state index in [1.165, 1.54) is 51.4 Å². The Kier molecular flexibility index (Phi) is 14.6. The molecule has 0 fully saturated rings. The highest BCUT2D eigenvalue weighted by Crippen LogP contribution is 2.22. The summed E-state index contributed by atoms with van der Waals surface area (Å²) in [6, 6.07) is 0. The van der Waals surface area contributed by atoms with Crippen LogP contribution in [0.5, 0.6) is 0 Å². The predicted octanol–water partition coefficient (Wildman–Crippen LogP) is 7.60. The van der Waals surface area contributed by atoms with Crippen molar-refractivity contribution in [3.8, 4) is 0 Å². The molecular formula is C22H44F3N. The highest BCUT2D eigenvalue weighted by atomic mass is 19.4. The third-order valence-corrected chi connectivity index (χ3v) is 5.41. The van der Waals surface area contributed by atoms with Gasteiger partial charge in [0.15, 0.2) is 0 Å². The van der Waals surface area contributed by atoms with Crippen LogP contribution in [-0.2, 0) is 0 Å². The van der Waals surface area contributed by atoms with Crippen LogP contribution in [-0.4, -0.2) is 19.3 Å². The van der Waals surface area contributed by atoms with Crippen LogP contribution in [0.4, 0.5) is 13.2 Å². The third kappa shape index (κ3) is 18.5. The van der Waals surface area contributed by atoms with Crippen molar-refractivity contribution in [1.29, 1.82) is 0 Å². The van der Waals surface area contributed by atoms with Gasteiger partial charge in [0.1, 0.15) is 0 Å². The van der Waals surface area contributed by atoms with Crippen LogP contribution in [0, 0.1) is 23.7 Å². The molecule has 0 heterocycles. The van der Waals surface area contributed by atoms with Crippen molar-refractivity contribution in [2.75, 3.05) is 13.1 Å². The molecule has 0 aromatic rings. The second-order valence-corrected chi connectivity index (χ2v) is 9.08. The van der Waals surface area contributed by atoms with E-state index < -0.39 is 12.7 Å². The highest BCUT2D eigenvalue weighted by Gasteiger charge is 2.25. The Morgan fingerprint density at radius 3 is 1.38 bits per heavy atom. The molecule has 0 aliphatic carbocycles. The summed E-state index contributed by atoms with van der Waals surface area (Å²) in [5, 5.41) is 2.49. The van der Waals surface area contributed by atoms with Gasteiger partial charge in [-0.2, -0.15) is 13.2 Å². The summed E-state index contributed by atoms with van der Waals surface area (Å²) in [7, 11) is 0. The van der Waals surface area contributed by atoms with Crippen molar-refractivity contribution < 1.29 is 13.2 Å². The van der Waals surface area contributed by atoms with Crippen molar-refractivity contribution in [1.82, 2.24) is 5.32 Å². The van der Waals surface area contributed by atoms with Gasteiger partial charge in [-0.05, 0) is 36.6 Å². The molecule has 1 N–H and O–H groups in total. The highest BCUT2D eigenvalue weighted by molar-refractivity contribution is 4.62. The minimum atomic E-state index is -4.09. The molecule has 158 valence electrons. The van der Waals surface area contributed by atoms with E-state index in [9.17, 15) is 13.2 Å². The number of alkyl halides is 3. The van der Waals surface area contributed by atoms with Gasteiger partial charge in [-0.1, -0.05) is 92.4 Å². The molecule has 0 aromatic heterocycles. The summed E-state index contributed by atoms with van der Waals surface area (Å²) < 4.78 is 36.2. The normalized spacial score (nSPS) is 16.0. The van der Waals surface area contributed by atoms with Gasteiger partial charge >= 0.3 is 6.18 Å². The summed E-state index contributed by atoms with van der Waals surface area (Å²) >= 11 is 0. The number of halogens is 3. The molecule has 26 heavy (non-hydrogen) atoms. The lowest BCUT2D eigenvalue weighted by atomic mass is 9.91. The van der Waals surface area contributed by atoms with Gasteiger partial charge in [0.25, 0.3) is 0 Å². The van der Waals surface area contributed by atoms with Crippen molar-refractivity contribution in [2.45, 2.75) is 105 Å². The minimum Gasteiger partial charge on any atom is -0.309 e. The standard InChI is InChI=1S/C22H44F3N/c1-18(2)9-6-10-19(3)11-7-12-20(4)13-8-14-21(5)15-16-26-17-22(23,24)25/h18-21,26H,6-17H2,1-5H3. The molecule has 0 radical (unpaired) electrons. The average molecular weight is 380 g/mol. The van der Waals surface area contributed by atoms with Gasteiger partial charge in [0.2, 0.25) is 0 Å². The lowest BCUT2D eigenvalue weighted by molar-refractivity contribution is -0.124. The van der Waals surface area contributed by atoms with Gasteiger partial charge in [-0.25, -0.2) is 0 Å². The number of nitrogens with one attached hydrogen (secondary N) is 1. The monoisotopic (exact) mass is 379 g/mol. The van der Waals surface area contributed by atoms with Crippen LogP contribution in [0.15, 0.2) is 0 Å². The number of hydrogen-bond acceptors (Lipinski definition) is 1. The molecule has 3 unspecified atom stereocenters. The number of rotatable bonds is 16. The average Bonchev–Trinajstić information content (AvgIpc) is 2.50. The summed E-state index contributed by atoms with van der Waals surface area (Å²) in [6.07, 6.45) is 8.40. The maximum absolute atomic E-state index is 12.1. The van der Waals surface area contributed by atoms with Crippen LogP contribution in [0.1, 0.15) is 98.8 Å². The first-order valence-corrected chi connectivity index (χ1v) is 10.9. The molecular weight excluding hydrogens is 335 g/mol. The summed E-state index contributed by atoms with van der Waals surface area (Å²) in [4.78, 5) is 0. The fraction of sp³-hybridized carbons (Fsp3) is 1.00. The molecule has 0 amide bonds. The lowest BCUT2D eigenvalue weighted by Gasteiger charge is -2.16. The molecule has 0 aliphatic heterocycles. The minimum absolute atomic E-state index is 0.463. The Bertz CT molecular complexity index is 315. The second kappa shape index (κ2) is 14.8. The Morgan fingerprint density at radius 2 is 1.00 bits per heavy atom. The first-order valence-electron chi connectivity index (χ1n) is 10.9. The molecule has 0 aromatic carbocycles. The zero-order valence-corrected chi connectivity index (χ0v) is 17.9. The van der Waals surface area contributed by atoms with Crippen LogP contribution >= 0.6 is 0 Å². The van der Waals surface area contributed by atoms with E-state index >= 15 is 0 Å². The molecule has 0 saturated heterocycles. The van der Waals surface area contributed by atoms with Gasteiger partial charge in [-0.15, -0.1) is 0 Å². The maximum Gasteiger partial charge on any atom is 0.401 e. The molecule has 0 saturated carbocycles. The van der Waals surface area contributed by atoms with Gasteiger partial charge in [-0.3, -0.25) is 0 Å². The summed E-state index contributed by atoms with van der Waals surface area (Å²) in [5.41, 5.74) is 0. The SMILES string of the molecule is CC(C)CCCC(C)CCCC(C)CCCC(C)CCNCC(F)(F)F. The van der Waals surface area contributed by atoms with Crippen LogP contribution in [0.25, 0.3) is 0 Å². The van der Waals surface area contributed by atoms with E-state index in [4.69, 9.17) is 0 Å². The van der Waals surface area contributed by atoms with Crippen molar-refractivity contribution in [3.63, 3.8) is 0 Å². The van der Waals surface area contributed by atoms with Gasteiger partial charge in [0.05, 0.1) is 6.54 Å². The van der Waals surface area contributed by atoms with E-state index in [0.29, 0.717) is 12.5 Å². The number of hydrogen-bond donors (Lipinski definition) is 1. The van der Waals surface area contributed by atoms with E-state index in [1.807, 2.05) is 0 Å². The fourth-order valence-electron chi connectivity index (χ4n) is 3.52. The zero-order chi connectivity index (χ0) is 20.0. The Labute approximate surface area is 160 Å². The molecule has 0 rings (SSSR count). The van der Waals surface area contributed by atoms with Crippen molar-refractivity contribution >= 4 is 0 Å². The smallest absolute Gasteiger partial charge is 0.309 e. The molecule has 0 spiro atoms. The molecule has 0 bridgehead atoms. The van der Waals surface area contributed by atoms with E-state index in [2.05, 4.69) is 39.9 Å². The molecule has 0 aliphatic rings. The Hall–Kier alpha value is -0.250. The summed E-state index contributed by atoms with van der Waals surface area (Å²) in [6.45, 7) is 11.1. The van der Waals surface area contributed by atoms with E-state index in [-0.39, 0.29) is 0 Å². The Morgan fingerprint density at radius 1 is 0.615 bits per heavy atom. The molecule has 1 nitrogen and oxygen atoms in total.